The van der Waals surface area contributed by atoms with Gasteiger partial charge >= 0.3 is 0 Å². The lowest BCUT2D eigenvalue weighted by Gasteiger charge is -2.30. The number of amides is 1. The SMILES string of the molecule is CN1CCC(CCC(=O)N2CCCC(O)C2)C1. The Hall–Kier alpha value is -0.610. The molecule has 0 aliphatic carbocycles. The molecule has 2 atom stereocenters. The van der Waals surface area contributed by atoms with E-state index in [0.717, 1.165) is 32.4 Å². The molecule has 4 nitrogen and oxygen atoms in total. The lowest BCUT2D eigenvalue weighted by molar-refractivity contribution is -0.134. The van der Waals surface area contributed by atoms with Crippen molar-refractivity contribution in [3.63, 3.8) is 0 Å². The van der Waals surface area contributed by atoms with Crippen LogP contribution in [0.3, 0.4) is 0 Å². The van der Waals surface area contributed by atoms with Crippen molar-refractivity contribution < 1.29 is 9.90 Å². The second-order valence-electron chi connectivity index (χ2n) is 5.59. The average Bonchev–Trinajstić information content (AvgIpc) is 2.72. The minimum Gasteiger partial charge on any atom is -0.391 e. The summed E-state index contributed by atoms with van der Waals surface area (Å²) in [5.74, 6) is 0.928. The maximum atomic E-state index is 12.0. The van der Waals surface area contributed by atoms with Crippen molar-refractivity contribution in [2.24, 2.45) is 5.92 Å². The molecule has 0 bridgehead atoms. The maximum Gasteiger partial charge on any atom is 0.222 e. The highest BCUT2D eigenvalue weighted by Crippen LogP contribution is 2.20. The maximum absolute atomic E-state index is 12.0. The highest BCUT2D eigenvalue weighted by molar-refractivity contribution is 5.76. The molecule has 2 rings (SSSR count). The highest BCUT2D eigenvalue weighted by atomic mass is 16.3. The van der Waals surface area contributed by atoms with Gasteiger partial charge in [-0.2, -0.15) is 0 Å². The molecular formula is C13H24N2O2. The Kier molecular flexibility index (Phi) is 4.40. The van der Waals surface area contributed by atoms with Gasteiger partial charge in [-0.05, 0) is 45.2 Å². The number of piperidine rings is 1. The molecule has 98 valence electrons. The normalized spacial score (nSPS) is 30.8. The zero-order chi connectivity index (χ0) is 12.3. The molecule has 0 radical (unpaired) electrons. The van der Waals surface area contributed by atoms with E-state index in [4.69, 9.17) is 0 Å². The summed E-state index contributed by atoms with van der Waals surface area (Å²) < 4.78 is 0. The Morgan fingerprint density at radius 2 is 2.12 bits per heavy atom. The van der Waals surface area contributed by atoms with Crippen molar-refractivity contribution in [1.82, 2.24) is 9.80 Å². The first-order valence-electron chi connectivity index (χ1n) is 6.79. The van der Waals surface area contributed by atoms with Crippen LogP contribution >= 0.6 is 0 Å². The lowest BCUT2D eigenvalue weighted by Crippen LogP contribution is -2.42. The molecule has 1 amide bonds. The molecule has 0 aromatic carbocycles. The average molecular weight is 240 g/mol. The molecular weight excluding hydrogens is 216 g/mol. The third-order valence-corrected chi connectivity index (χ3v) is 4.00. The smallest absolute Gasteiger partial charge is 0.222 e. The molecule has 1 N–H and O–H groups in total. The quantitative estimate of drug-likeness (QED) is 0.790. The number of hydrogen-bond donors (Lipinski definition) is 1. The van der Waals surface area contributed by atoms with Crippen LogP contribution in [0.4, 0.5) is 0 Å². The molecule has 2 fully saturated rings. The monoisotopic (exact) mass is 240 g/mol. The van der Waals surface area contributed by atoms with Crippen LogP contribution in [0, 0.1) is 5.92 Å². The topological polar surface area (TPSA) is 43.8 Å². The summed E-state index contributed by atoms with van der Waals surface area (Å²) in [7, 11) is 2.14. The van der Waals surface area contributed by atoms with E-state index < -0.39 is 0 Å². The van der Waals surface area contributed by atoms with Crippen molar-refractivity contribution >= 4 is 5.91 Å². The number of nitrogens with zero attached hydrogens (tertiary/aromatic N) is 2. The van der Waals surface area contributed by atoms with Gasteiger partial charge in [-0.25, -0.2) is 0 Å². The van der Waals surface area contributed by atoms with Gasteiger partial charge in [0, 0.05) is 26.1 Å². The van der Waals surface area contributed by atoms with Gasteiger partial charge < -0.3 is 14.9 Å². The van der Waals surface area contributed by atoms with Gasteiger partial charge in [0.1, 0.15) is 0 Å². The molecule has 2 aliphatic heterocycles. The predicted octanol–water partition coefficient (Wildman–Crippen LogP) is 0.702. The molecule has 4 heteroatoms. The molecule has 0 spiro atoms. The number of β-amino-alcohol motifs (C(OH)–C–C–N with tert-alkyl or cyclic N) is 1. The number of aliphatic hydroxyl groups excluding tert-OH is 1. The van der Waals surface area contributed by atoms with E-state index in [1.807, 2.05) is 4.90 Å². The van der Waals surface area contributed by atoms with Gasteiger partial charge in [0.05, 0.1) is 6.10 Å². The summed E-state index contributed by atoms with van der Waals surface area (Å²) in [5.41, 5.74) is 0. The van der Waals surface area contributed by atoms with Gasteiger partial charge in [-0.1, -0.05) is 0 Å². The van der Waals surface area contributed by atoms with Crippen molar-refractivity contribution in [3.8, 4) is 0 Å². The first kappa shape index (κ1) is 12.8. The van der Waals surface area contributed by atoms with E-state index in [9.17, 15) is 9.90 Å². The largest absolute Gasteiger partial charge is 0.391 e. The molecule has 0 aromatic heterocycles. The van der Waals surface area contributed by atoms with Gasteiger partial charge in [-0.3, -0.25) is 4.79 Å². The number of likely N-dealkylation sites (tertiary alicyclic amines) is 2. The summed E-state index contributed by atoms with van der Waals surface area (Å²) in [6.07, 6.45) is 4.38. The number of hydrogen-bond acceptors (Lipinski definition) is 3. The Morgan fingerprint density at radius 1 is 1.29 bits per heavy atom. The fourth-order valence-electron chi connectivity index (χ4n) is 2.93. The summed E-state index contributed by atoms with van der Waals surface area (Å²) >= 11 is 0. The molecule has 0 saturated carbocycles. The number of rotatable bonds is 3. The summed E-state index contributed by atoms with van der Waals surface area (Å²) in [5, 5.41) is 9.54. The first-order valence-corrected chi connectivity index (χ1v) is 6.79. The first-order chi connectivity index (χ1) is 8.15. The van der Waals surface area contributed by atoms with E-state index in [2.05, 4.69) is 11.9 Å². The minimum absolute atomic E-state index is 0.235. The van der Waals surface area contributed by atoms with Gasteiger partial charge in [0.2, 0.25) is 5.91 Å². The van der Waals surface area contributed by atoms with E-state index >= 15 is 0 Å². The van der Waals surface area contributed by atoms with Crippen LogP contribution < -0.4 is 0 Å². The fourth-order valence-corrected chi connectivity index (χ4v) is 2.93. The third-order valence-electron chi connectivity index (χ3n) is 4.00. The van der Waals surface area contributed by atoms with Crippen molar-refractivity contribution in [2.45, 2.75) is 38.2 Å². The second kappa shape index (κ2) is 5.83. The number of aliphatic hydroxyl groups is 1. The van der Waals surface area contributed by atoms with E-state index in [-0.39, 0.29) is 12.0 Å². The zero-order valence-electron chi connectivity index (χ0n) is 10.8. The summed E-state index contributed by atoms with van der Waals surface area (Å²) in [4.78, 5) is 16.2. The zero-order valence-corrected chi connectivity index (χ0v) is 10.8. The van der Waals surface area contributed by atoms with E-state index in [1.54, 1.807) is 0 Å². The lowest BCUT2D eigenvalue weighted by atomic mass is 10.0. The second-order valence-corrected chi connectivity index (χ2v) is 5.59. The van der Waals surface area contributed by atoms with Gasteiger partial charge in [0.25, 0.3) is 0 Å². The molecule has 2 unspecified atom stereocenters. The summed E-state index contributed by atoms with van der Waals surface area (Å²) in [6.45, 7) is 3.68. The van der Waals surface area contributed by atoms with Crippen molar-refractivity contribution in [3.05, 3.63) is 0 Å². The van der Waals surface area contributed by atoms with E-state index in [1.165, 1.54) is 13.0 Å². The van der Waals surface area contributed by atoms with E-state index in [0.29, 0.717) is 18.9 Å². The van der Waals surface area contributed by atoms with Crippen LogP contribution in [0.1, 0.15) is 32.1 Å². The van der Waals surface area contributed by atoms with Crippen LogP contribution in [-0.2, 0) is 4.79 Å². The molecule has 2 saturated heterocycles. The Morgan fingerprint density at radius 3 is 2.76 bits per heavy atom. The summed E-state index contributed by atoms with van der Waals surface area (Å²) in [6, 6.07) is 0. The predicted molar refractivity (Wildman–Crippen MR) is 66.7 cm³/mol. The Bertz CT molecular complexity index is 270. The van der Waals surface area contributed by atoms with Crippen LogP contribution in [0.5, 0.6) is 0 Å². The fraction of sp³-hybridized carbons (Fsp3) is 0.923. The molecule has 0 aromatic rings. The number of carbonyl (C=O) groups excluding carboxylic acids is 1. The molecule has 2 heterocycles. The van der Waals surface area contributed by atoms with Crippen molar-refractivity contribution in [2.75, 3.05) is 33.2 Å². The van der Waals surface area contributed by atoms with Crippen LogP contribution in [0.15, 0.2) is 0 Å². The van der Waals surface area contributed by atoms with Gasteiger partial charge in [-0.15, -0.1) is 0 Å². The Balaban J connectivity index is 1.69. The number of carbonyl (C=O) groups is 1. The van der Waals surface area contributed by atoms with Crippen molar-refractivity contribution in [1.29, 1.82) is 0 Å². The Labute approximate surface area is 104 Å². The third kappa shape index (κ3) is 3.68. The minimum atomic E-state index is -0.301. The highest BCUT2D eigenvalue weighted by Gasteiger charge is 2.24. The van der Waals surface area contributed by atoms with Crippen LogP contribution in [-0.4, -0.2) is 60.1 Å². The molecule has 17 heavy (non-hydrogen) atoms. The van der Waals surface area contributed by atoms with Gasteiger partial charge in [0.15, 0.2) is 0 Å². The van der Waals surface area contributed by atoms with Crippen LogP contribution in [0.2, 0.25) is 0 Å². The standard InChI is InChI=1S/C13H24N2O2/c1-14-8-6-11(9-14)4-5-13(17)15-7-2-3-12(16)10-15/h11-12,16H,2-10H2,1H3. The van der Waals surface area contributed by atoms with Crippen LogP contribution in [0.25, 0.3) is 0 Å². The molecule has 2 aliphatic rings.